The zero-order valence-corrected chi connectivity index (χ0v) is 21.2. The Labute approximate surface area is 216 Å². The molecule has 1 saturated heterocycles. The third kappa shape index (κ3) is 5.70. The van der Waals surface area contributed by atoms with E-state index >= 15 is 0 Å². The maximum Gasteiger partial charge on any atom is 0.267 e. The molecule has 5 rings (SSSR count). The Kier molecular flexibility index (Phi) is 7.28. The maximum atomic E-state index is 12.3. The van der Waals surface area contributed by atoms with Gasteiger partial charge in [-0.1, -0.05) is 60.7 Å². The van der Waals surface area contributed by atoms with Crippen LogP contribution >= 0.6 is 0 Å². The van der Waals surface area contributed by atoms with Crippen molar-refractivity contribution >= 4 is 5.82 Å². The fourth-order valence-corrected chi connectivity index (χ4v) is 4.60. The minimum atomic E-state index is -0.165. The number of likely N-dealkylation sites (tertiary alicyclic amines) is 1. The molecule has 37 heavy (non-hydrogen) atoms. The highest BCUT2D eigenvalue weighted by Gasteiger charge is 2.24. The Balaban J connectivity index is 1.41. The van der Waals surface area contributed by atoms with Crippen LogP contribution in [0.25, 0.3) is 22.6 Å². The van der Waals surface area contributed by atoms with Crippen molar-refractivity contribution in [2.75, 3.05) is 18.8 Å². The van der Waals surface area contributed by atoms with Crippen LogP contribution in [0.2, 0.25) is 0 Å². The first kappa shape index (κ1) is 24.6. The number of nitrogens with zero attached hydrogens (tertiary/aromatic N) is 5. The highest BCUT2D eigenvalue weighted by Crippen LogP contribution is 2.33. The van der Waals surface area contributed by atoms with Crippen LogP contribution in [0.15, 0.2) is 77.6 Å². The summed E-state index contributed by atoms with van der Waals surface area (Å²) < 4.78 is 7.77. The molecule has 0 aliphatic carbocycles. The molecule has 0 radical (unpaired) electrons. The summed E-state index contributed by atoms with van der Waals surface area (Å²) in [5.41, 5.74) is 10.1. The number of nitrogens with two attached hydrogens (primary N) is 1. The van der Waals surface area contributed by atoms with Crippen LogP contribution in [-0.4, -0.2) is 43.8 Å². The Hall–Kier alpha value is -4.04. The first-order valence-electron chi connectivity index (χ1n) is 12.7. The Morgan fingerprint density at radius 1 is 0.919 bits per heavy atom. The van der Waals surface area contributed by atoms with Gasteiger partial charge in [0.1, 0.15) is 23.2 Å². The van der Waals surface area contributed by atoms with Gasteiger partial charge in [-0.3, -0.25) is 9.69 Å². The molecule has 2 N–H and O–H groups in total. The van der Waals surface area contributed by atoms with Crippen molar-refractivity contribution in [1.29, 1.82) is 0 Å². The number of benzene rings is 2. The van der Waals surface area contributed by atoms with E-state index < -0.39 is 0 Å². The molecule has 0 atom stereocenters. The van der Waals surface area contributed by atoms with Crippen molar-refractivity contribution in [2.24, 2.45) is 0 Å². The summed E-state index contributed by atoms with van der Waals surface area (Å²) in [6, 6.07) is 23.3. The lowest BCUT2D eigenvalue weighted by Gasteiger charge is -2.32. The number of hydrogen-bond acceptors (Lipinski definition) is 7. The summed E-state index contributed by atoms with van der Waals surface area (Å²) >= 11 is 0. The molecule has 1 fully saturated rings. The topological polar surface area (TPSA) is 99.2 Å². The number of anilines is 1. The third-order valence-corrected chi connectivity index (χ3v) is 6.55. The number of nitrogen functional groups attached to an aromatic ring is 1. The lowest BCUT2D eigenvalue weighted by molar-refractivity contribution is 0.0937. The van der Waals surface area contributed by atoms with E-state index in [1.165, 1.54) is 16.3 Å². The molecule has 2 aromatic heterocycles. The molecule has 8 heteroatoms. The van der Waals surface area contributed by atoms with Gasteiger partial charge in [0.15, 0.2) is 5.82 Å². The van der Waals surface area contributed by atoms with Gasteiger partial charge in [0, 0.05) is 31.3 Å². The molecule has 0 amide bonds. The van der Waals surface area contributed by atoms with Crippen LogP contribution < -0.4 is 16.0 Å². The van der Waals surface area contributed by atoms with Gasteiger partial charge in [0.25, 0.3) is 11.4 Å². The van der Waals surface area contributed by atoms with Crippen LogP contribution in [0.5, 0.6) is 5.88 Å². The standard InChI is InChI=1S/C29H32N6O2/c1-20(2)35-25(36)14-13-24(33-35)27-26(22-11-7-4-8-12-22)31-28(30)29(32-27)37-23-15-17-34(18-16-23)19-21-9-5-3-6-10-21/h3-14,20,23H,15-19H2,1-2H3,(H2,30,31). The second-order valence-corrected chi connectivity index (χ2v) is 9.65. The molecule has 2 aromatic carbocycles. The smallest absolute Gasteiger partial charge is 0.267 e. The van der Waals surface area contributed by atoms with Crippen LogP contribution in [0.1, 0.15) is 38.3 Å². The zero-order valence-electron chi connectivity index (χ0n) is 21.2. The van der Waals surface area contributed by atoms with E-state index in [9.17, 15) is 4.79 Å². The van der Waals surface area contributed by atoms with Crippen molar-refractivity contribution in [3.63, 3.8) is 0 Å². The number of hydrogen-bond donors (Lipinski definition) is 1. The van der Waals surface area contributed by atoms with Crippen molar-refractivity contribution in [2.45, 2.75) is 45.4 Å². The van der Waals surface area contributed by atoms with E-state index in [1.807, 2.05) is 50.2 Å². The SMILES string of the molecule is CC(C)n1nc(-c2nc(OC3CCN(Cc4ccccc4)CC3)c(N)nc2-c2ccccc2)ccc1=O. The minimum Gasteiger partial charge on any atom is -0.472 e. The van der Waals surface area contributed by atoms with E-state index in [2.05, 4.69) is 34.3 Å². The first-order valence-corrected chi connectivity index (χ1v) is 12.7. The molecule has 8 nitrogen and oxygen atoms in total. The Bertz CT molecular complexity index is 1400. The molecule has 0 bridgehead atoms. The number of rotatable bonds is 7. The molecule has 3 heterocycles. The number of aromatic nitrogens is 4. The second kappa shape index (κ2) is 10.9. The van der Waals surface area contributed by atoms with Crippen molar-refractivity contribution in [3.8, 4) is 28.5 Å². The fourth-order valence-electron chi connectivity index (χ4n) is 4.60. The summed E-state index contributed by atoms with van der Waals surface area (Å²) in [5.74, 6) is 0.548. The summed E-state index contributed by atoms with van der Waals surface area (Å²) in [7, 11) is 0. The van der Waals surface area contributed by atoms with Crippen LogP contribution in [-0.2, 0) is 6.54 Å². The quantitative estimate of drug-likeness (QED) is 0.400. The van der Waals surface area contributed by atoms with Gasteiger partial charge in [-0.2, -0.15) is 5.10 Å². The fraction of sp³-hybridized carbons (Fsp3) is 0.310. The highest BCUT2D eigenvalue weighted by atomic mass is 16.5. The van der Waals surface area contributed by atoms with Gasteiger partial charge in [0.05, 0.1) is 6.04 Å². The van der Waals surface area contributed by atoms with Gasteiger partial charge < -0.3 is 10.5 Å². The Morgan fingerprint density at radius 3 is 2.27 bits per heavy atom. The molecular formula is C29H32N6O2. The second-order valence-electron chi connectivity index (χ2n) is 9.65. The highest BCUT2D eigenvalue weighted by molar-refractivity contribution is 5.77. The first-order chi connectivity index (χ1) is 18.0. The van der Waals surface area contributed by atoms with E-state index in [0.717, 1.165) is 38.0 Å². The summed E-state index contributed by atoms with van der Waals surface area (Å²) in [6.07, 6.45) is 1.75. The van der Waals surface area contributed by atoms with Gasteiger partial charge in [0.2, 0.25) is 0 Å². The van der Waals surface area contributed by atoms with Crippen LogP contribution in [0.4, 0.5) is 5.82 Å². The largest absolute Gasteiger partial charge is 0.472 e. The van der Waals surface area contributed by atoms with Crippen molar-refractivity contribution < 1.29 is 4.74 Å². The van der Waals surface area contributed by atoms with Gasteiger partial charge >= 0.3 is 0 Å². The molecule has 0 saturated carbocycles. The van der Waals surface area contributed by atoms with E-state index in [0.29, 0.717) is 23.0 Å². The predicted octanol–water partition coefficient (Wildman–Crippen LogP) is 4.57. The van der Waals surface area contributed by atoms with Crippen LogP contribution in [0, 0.1) is 0 Å². The summed E-state index contributed by atoms with van der Waals surface area (Å²) in [4.78, 5) is 24.3. The number of ether oxygens (including phenoxy) is 1. The Morgan fingerprint density at radius 2 is 1.59 bits per heavy atom. The van der Waals surface area contributed by atoms with Crippen molar-refractivity contribution in [3.05, 3.63) is 88.7 Å². The molecule has 1 aliphatic heterocycles. The molecule has 4 aromatic rings. The summed E-state index contributed by atoms with van der Waals surface area (Å²) in [5, 5.41) is 4.59. The van der Waals surface area contributed by atoms with E-state index in [1.54, 1.807) is 6.07 Å². The lowest BCUT2D eigenvalue weighted by atomic mass is 10.1. The summed E-state index contributed by atoms with van der Waals surface area (Å²) in [6.45, 7) is 6.64. The normalized spacial score (nSPS) is 14.7. The maximum absolute atomic E-state index is 12.3. The molecule has 1 aliphatic rings. The minimum absolute atomic E-state index is 0.00312. The average molecular weight is 497 g/mol. The van der Waals surface area contributed by atoms with E-state index in [4.69, 9.17) is 20.4 Å². The molecule has 0 spiro atoms. The van der Waals surface area contributed by atoms with Gasteiger partial charge in [-0.25, -0.2) is 14.6 Å². The monoisotopic (exact) mass is 496 g/mol. The van der Waals surface area contributed by atoms with Gasteiger partial charge in [-0.15, -0.1) is 0 Å². The number of piperidine rings is 1. The molecular weight excluding hydrogens is 464 g/mol. The molecule has 0 unspecified atom stereocenters. The molecule has 190 valence electrons. The predicted molar refractivity (Wildman–Crippen MR) is 145 cm³/mol. The van der Waals surface area contributed by atoms with Crippen molar-refractivity contribution in [1.82, 2.24) is 24.6 Å². The average Bonchev–Trinajstić information content (AvgIpc) is 2.92. The lowest BCUT2D eigenvalue weighted by Crippen LogP contribution is -2.38. The third-order valence-electron chi connectivity index (χ3n) is 6.55. The van der Waals surface area contributed by atoms with Crippen LogP contribution in [0.3, 0.4) is 0 Å². The van der Waals surface area contributed by atoms with E-state index in [-0.39, 0.29) is 23.5 Å². The van der Waals surface area contributed by atoms with Gasteiger partial charge in [-0.05, 0) is 38.3 Å². The zero-order chi connectivity index (χ0) is 25.8.